The molecule has 0 N–H and O–H groups in total. The van der Waals surface area contributed by atoms with E-state index >= 15 is 0 Å². The zero-order valence-corrected chi connectivity index (χ0v) is 11.4. The number of non-ortho nitro benzene ring substituents is 1. The van der Waals surface area contributed by atoms with Gasteiger partial charge in [-0.25, -0.2) is 0 Å². The van der Waals surface area contributed by atoms with Crippen LogP contribution in [0.15, 0.2) is 30.5 Å². The SMILES string of the molecule is COC(=O)CCC(=O)Cn1ccc2ccc([N+](=O)[O-])cc21. The molecule has 0 fully saturated rings. The number of carbonyl (C=O) groups excluding carboxylic acids is 2. The van der Waals surface area contributed by atoms with Crippen molar-refractivity contribution in [2.24, 2.45) is 0 Å². The number of benzene rings is 1. The van der Waals surface area contributed by atoms with Gasteiger partial charge in [0.2, 0.25) is 0 Å². The van der Waals surface area contributed by atoms with Crippen LogP contribution < -0.4 is 0 Å². The number of carbonyl (C=O) groups is 2. The van der Waals surface area contributed by atoms with E-state index in [9.17, 15) is 19.7 Å². The molecule has 1 aromatic carbocycles. The van der Waals surface area contributed by atoms with Crippen LogP contribution in [0.1, 0.15) is 12.8 Å². The van der Waals surface area contributed by atoms with Gasteiger partial charge >= 0.3 is 5.97 Å². The quantitative estimate of drug-likeness (QED) is 0.461. The Kier molecular flexibility index (Phi) is 4.32. The van der Waals surface area contributed by atoms with Crippen LogP contribution in [0.4, 0.5) is 5.69 Å². The summed E-state index contributed by atoms with van der Waals surface area (Å²) in [6, 6.07) is 6.28. The molecule has 0 aliphatic carbocycles. The minimum Gasteiger partial charge on any atom is -0.469 e. The van der Waals surface area contributed by atoms with Crippen LogP contribution in [0, 0.1) is 10.1 Å². The second-order valence-corrected chi connectivity index (χ2v) is 4.56. The van der Waals surface area contributed by atoms with E-state index in [0.717, 1.165) is 5.39 Å². The molecule has 0 spiro atoms. The molecule has 0 aliphatic rings. The number of nitro groups is 1. The molecule has 7 nitrogen and oxygen atoms in total. The van der Waals surface area contributed by atoms with Crippen molar-refractivity contribution in [1.82, 2.24) is 4.57 Å². The maximum atomic E-state index is 11.8. The molecule has 1 heterocycles. The average Bonchev–Trinajstić information content (AvgIpc) is 2.87. The molecule has 21 heavy (non-hydrogen) atoms. The molecular formula is C14H14N2O5. The fourth-order valence-corrected chi connectivity index (χ4v) is 2.04. The summed E-state index contributed by atoms with van der Waals surface area (Å²) in [5.74, 6) is -0.569. The van der Waals surface area contributed by atoms with E-state index in [0.29, 0.717) is 5.52 Å². The molecule has 1 aromatic heterocycles. The van der Waals surface area contributed by atoms with Gasteiger partial charge in [0.1, 0.15) is 0 Å². The monoisotopic (exact) mass is 290 g/mol. The average molecular weight is 290 g/mol. The predicted octanol–water partition coefficient (Wildman–Crippen LogP) is 2.07. The van der Waals surface area contributed by atoms with E-state index in [1.165, 1.54) is 19.2 Å². The highest BCUT2D eigenvalue weighted by atomic mass is 16.6. The highest BCUT2D eigenvalue weighted by Gasteiger charge is 2.12. The van der Waals surface area contributed by atoms with Crippen LogP contribution in [0.25, 0.3) is 10.9 Å². The van der Waals surface area contributed by atoms with Crippen LogP contribution in [-0.2, 0) is 20.9 Å². The van der Waals surface area contributed by atoms with Crippen LogP contribution >= 0.6 is 0 Å². The summed E-state index contributed by atoms with van der Waals surface area (Å²) >= 11 is 0. The number of nitrogens with zero attached hydrogens (tertiary/aromatic N) is 2. The first kappa shape index (κ1) is 14.7. The van der Waals surface area contributed by atoms with Crippen molar-refractivity contribution >= 4 is 28.3 Å². The molecule has 0 saturated heterocycles. The third-order valence-electron chi connectivity index (χ3n) is 3.15. The lowest BCUT2D eigenvalue weighted by atomic mass is 10.2. The van der Waals surface area contributed by atoms with Gasteiger partial charge < -0.3 is 9.30 Å². The highest BCUT2D eigenvalue weighted by Crippen LogP contribution is 2.22. The Labute approximate surface area is 120 Å². The fraction of sp³-hybridized carbons (Fsp3) is 0.286. The maximum Gasteiger partial charge on any atom is 0.305 e. The summed E-state index contributed by atoms with van der Waals surface area (Å²) < 4.78 is 6.12. The van der Waals surface area contributed by atoms with Gasteiger partial charge in [0.15, 0.2) is 5.78 Å². The maximum absolute atomic E-state index is 11.8. The zero-order valence-electron chi connectivity index (χ0n) is 11.4. The largest absolute Gasteiger partial charge is 0.469 e. The number of rotatable bonds is 6. The number of esters is 1. The molecule has 0 aliphatic heterocycles. The van der Waals surface area contributed by atoms with Crippen molar-refractivity contribution in [3.63, 3.8) is 0 Å². The van der Waals surface area contributed by atoms with Crippen LogP contribution in [-0.4, -0.2) is 28.4 Å². The summed E-state index contributed by atoms with van der Waals surface area (Å²) in [4.78, 5) is 33.1. The number of methoxy groups -OCH3 is 1. The third-order valence-corrected chi connectivity index (χ3v) is 3.15. The number of hydrogen-bond acceptors (Lipinski definition) is 5. The van der Waals surface area contributed by atoms with E-state index in [1.54, 1.807) is 22.9 Å². The molecule has 7 heteroatoms. The highest BCUT2D eigenvalue weighted by molar-refractivity contribution is 5.86. The van der Waals surface area contributed by atoms with Crippen molar-refractivity contribution < 1.29 is 19.2 Å². The molecule has 2 rings (SSSR count). The Bertz CT molecular complexity index is 704. The van der Waals surface area contributed by atoms with Crippen LogP contribution in [0.2, 0.25) is 0 Å². The number of nitro benzene ring substituents is 1. The van der Waals surface area contributed by atoms with E-state index in [4.69, 9.17) is 0 Å². The lowest BCUT2D eigenvalue weighted by Crippen LogP contribution is -2.11. The molecule has 0 saturated carbocycles. The third kappa shape index (κ3) is 3.44. The first-order valence-corrected chi connectivity index (χ1v) is 6.33. The Morgan fingerprint density at radius 3 is 2.71 bits per heavy atom. The summed E-state index contributed by atoms with van der Waals surface area (Å²) in [6.45, 7) is 0.0711. The number of aromatic nitrogens is 1. The molecule has 0 amide bonds. The van der Waals surface area contributed by atoms with Gasteiger partial charge in [0.05, 0.1) is 30.5 Å². The fourth-order valence-electron chi connectivity index (χ4n) is 2.04. The zero-order chi connectivity index (χ0) is 15.4. The van der Waals surface area contributed by atoms with Crippen LogP contribution in [0.5, 0.6) is 0 Å². The first-order chi connectivity index (χ1) is 10.0. The summed E-state index contributed by atoms with van der Waals surface area (Å²) in [5.41, 5.74) is 0.597. The smallest absolute Gasteiger partial charge is 0.305 e. The number of ketones is 1. The second-order valence-electron chi connectivity index (χ2n) is 4.56. The Morgan fingerprint density at radius 1 is 1.29 bits per heavy atom. The standard InChI is InChI=1S/C14H14N2O5/c1-21-14(18)5-4-12(17)9-15-7-6-10-2-3-11(16(19)20)8-13(10)15/h2-3,6-8H,4-5,9H2,1H3. The molecule has 0 radical (unpaired) electrons. The lowest BCUT2D eigenvalue weighted by molar-refractivity contribution is -0.384. The number of hydrogen-bond donors (Lipinski definition) is 0. The van der Waals surface area contributed by atoms with Gasteiger partial charge in [-0.05, 0) is 12.1 Å². The minimum absolute atomic E-state index is 0.0236. The molecule has 0 unspecified atom stereocenters. The van der Waals surface area contributed by atoms with Gasteiger partial charge in [-0.2, -0.15) is 0 Å². The summed E-state index contributed by atoms with van der Waals surface area (Å²) in [6.07, 6.45) is 1.82. The second kappa shape index (κ2) is 6.17. The Hall–Kier alpha value is -2.70. The van der Waals surface area contributed by atoms with Crippen molar-refractivity contribution in [1.29, 1.82) is 0 Å². The predicted molar refractivity (Wildman–Crippen MR) is 74.8 cm³/mol. The topological polar surface area (TPSA) is 91.4 Å². The molecular weight excluding hydrogens is 276 g/mol. The van der Waals surface area contributed by atoms with E-state index < -0.39 is 10.9 Å². The molecule has 0 atom stereocenters. The summed E-state index contributed by atoms with van der Waals surface area (Å²) in [7, 11) is 1.27. The van der Waals surface area contributed by atoms with Crippen molar-refractivity contribution in [3.05, 3.63) is 40.6 Å². The van der Waals surface area contributed by atoms with E-state index in [1.807, 2.05) is 0 Å². The van der Waals surface area contributed by atoms with Gasteiger partial charge in [0, 0.05) is 30.1 Å². The van der Waals surface area contributed by atoms with E-state index in [-0.39, 0.29) is 30.9 Å². The number of Topliss-reactive ketones (excluding diaryl/α,β-unsaturated/α-hetero) is 1. The molecule has 2 aromatic rings. The van der Waals surface area contributed by atoms with Crippen molar-refractivity contribution in [2.75, 3.05) is 7.11 Å². The van der Waals surface area contributed by atoms with Crippen LogP contribution in [0.3, 0.4) is 0 Å². The number of fused-ring (bicyclic) bond motifs is 1. The Balaban J connectivity index is 2.14. The molecule has 110 valence electrons. The lowest BCUT2D eigenvalue weighted by Gasteiger charge is -2.04. The van der Waals surface area contributed by atoms with Gasteiger partial charge in [-0.15, -0.1) is 0 Å². The minimum atomic E-state index is -0.476. The van der Waals surface area contributed by atoms with E-state index in [2.05, 4.69) is 4.74 Å². The first-order valence-electron chi connectivity index (χ1n) is 6.33. The summed E-state index contributed by atoms with van der Waals surface area (Å²) in [5, 5.41) is 11.6. The van der Waals surface area contributed by atoms with Gasteiger partial charge in [0.25, 0.3) is 5.69 Å². The normalized spacial score (nSPS) is 10.5. The van der Waals surface area contributed by atoms with Crippen molar-refractivity contribution in [3.8, 4) is 0 Å². The van der Waals surface area contributed by atoms with Gasteiger partial charge in [-0.1, -0.05) is 0 Å². The Morgan fingerprint density at radius 2 is 2.05 bits per heavy atom. The number of ether oxygens (including phenoxy) is 1. The van der Waals surface area contributed by atoms with Crippen molar-refractivity contribution in [2.45, 2.75) is 19.4 Å². The molecule has 0 bridgehead atoms. The van der Waals surface area contributed by atoms with Gasteiger partial charge in [-0.3, -0.25) is 19.7 Å².